The lowest BCUT2D eigenvalue weighted by Gasteiger charge is -2.23. The van der Waals surface area contributed by atoms with E-state index >= 15 is 0 Å². The monoisotopic (exact) mass is 170 g/mol. The second-order valence-electron chi connectivity index (χ2n) is 3.13. The van der Waals surface area contributed by atoms with Crippen molar-refractivity contribution in [3.05, 3.63) is 0 Å². The van der Waals surface area contributed by atoms with Gasteiger partial charge >= 0.3 is 0 Å². The fourth-order valence-electron chi connectivity index (χ4n) is 1.58. The summed E-state index contributed by atoms with van der Waals surface area (Å²) in [6.07, 6.45) is 4.71. The minimum atomic E-state index is 0.440. The predicted octanol–water partition coefficient (Wildman–Crippen LogP) is 1.61. The van der Waals surface area contributed by atoms with Crippen LogP contribution >= 0.6 is 12.2 Å². The van der Waals surface area contributed by atoms with Crippen molar-refractivity contribution in [3.8, 4) is 0 Å². The zero-order valence-electron chi connectivity index (χ0n) is 6.62. The lowest BCUT2D eigenvalue weighted by Crippen LogP contribution is -2.22. The summed E-state index contributed by atoms with van der Waals surface area (Å²) in [5.74, 6) is 0.728. The van der Waals surface area contributed by atoms with Crippen LogP contribution in [0.5, 0.6) is 0 Å². The SMILES string of the molecule is NCC1CCC(N=C=S)CC1. The molecule has 1 fully saturated rings. The number of nitrogens with two attached hydrogens (primary N) is 1. The number of hydrogen-bond donors (Lipinski definition) is 1. The van der Waals surface area contributed by atoms with Gasteiger partial charge in [-0.25, -0.2) is 4.99 Å². The molecule has 0 aromatic heterocycles. The normalized spacial score (nSPS) is 31.0. The highest BCUT2D eigenvalue weighted by molar-refractivity contribution is 7.78. The van der Waals surface area contributed by atoms with E-state index in [-0.39, 0.29) is 0 Å². The molecule has 1 aliphatic rings. The first-order chi connectivity index (χ1) is 5.36. The van der Waals surface area contributed by atoms with Crippen molar-refractivity contribution >= 4 is 17.4 Å². The van der Waals surface area contributed by atoms with Gasteiger partial charge in [0.05, 0.1) is 11.2 Å². The van der Waals surface area contributed by atoms with E-state index in [9.17, 15) is 0 Å². The van der Waals surface area contributed by atoms with Crippen LogP contribution in [0.25, 0.3) is 0 Å². The Morgan fingerprint density at radius 2 is 2.00 bits per heavy atom. The van der Waals surface area contributed by atoms with E-state index in [2.05, 4.69) is 22.4 Å². The highest BCUT2D eigenvalue weighted by Crippen LogP contribution is 2.24. The minimum absolute atomic E-state index is 0.440. The Morgan fingerprint density at radius 3 is 2.45 bits per heavy atom. The van der Waals surface area contributed by atoms with Crippen LogP contribution in [0.3, 0.4) is 0 Å². The third-order valence-corrected chi connectivity index (χ3v) is 2.49. The van der Waals surface area contributed by atoms with Crippen molar-refractivity contribution < 1.29 is 0 Å². The zero-order chi connectivity index (χ0) is 8.10. The summed E-state index contributed by atoms with van der Waals surface area (Å²) in [7, 11) is 0. The summed E-state index contributed by atoms with van der Waals surface area (Å²) in [5.41, 5.74) is 5.56. The van der Waals surface area contributed by atoms with E-state index in [0.29, 0.717) is 6.04 Å². The predicted molar refractivity (Wildman–Crippen MR) is 49.8 cm³/mol. The van der Waals surface area contributed by atoms with Gasteiger partial charge in [0.1, 0.15) is 0 Å². The van der Waals surface area contributed by atoms with E-state index in [1.54, 1.807) is 0 Å². The Labute approximate surface area is 72.9 Å². The van der Waals surface area contributed by atoms with E-state index in [0.717, 1.165) is 25.3 Å². The molecular formula is C8H14N2S. The maximum atomic E-state index is 5.56. The Morgan fingerprint density at radius 1 is 1.36 bits per heavy atom. The molecule has 2 nitrogen and oxygen atoms in total. The van der Waals surface area contributed by atoms with Gasteiger partial charge in [-0.15, -0.1) is 0 Å². The van der Waals surface area contributed by atoms with Crippen LogP contribution in [-0.4, -0.2) is 17.7 Å². The molecule has 0 heterocycles. The molecule has 1 aliphatic carbocycles. The lowest BCUT2D eigenvalue weighted by molar-refractivity contribution is 0.335. The molecular weight excluding hydrogens is 156 g/mol. The number of rotatable bonds is 2. The molecule has 2 N–H and O–H groups in total. The standard InChI is InChI=1S/C8H14N2S/c9-5-7-1-3-8(4-2-7)10-6-11/h7-8H,1-5,9H2. The summed E-state index contributed by atoms with van der Waals surface area (Å²) in [6, 6.07) is 0.440. The van der Waals surface area contributed by atoms with Crippen LogP contribution in [0, 0.1) is 5.92 Å². The molecule has 0 amide bonds. The average Bonchev–Trinajstić information content (AvgIpc) is 2.07. The average molecular weight is 170 g/mol. The second-order valence-corrected chi connectivity index (χ2v) is 3.31. The minimum Gasteiger partial charge on any atom is -0.330 e. The van der Waals surface area contributed by atoms with Crippen LogP contribution in [-0.2, 0) is 0 Å². The maximum absolute atomic E-state index is 5.56. The third kappa shape index (κ3) is 2.70. The Hall–Kier alpha value is -0.240. The van der Waals surface area contributed by atoms with E-state index in [4.69, 9.17) is 5.73 Å². The largest absolute Gasteiger partial charge is 0.330 e. The maximum Gasteiger partial charge on any atom is 0.0603 e. The first-order valence-corrected chi connectivity index (χ1v) is 4.54. The summed E-state index contributed by atoms with van der Waals surface area (Å²) < 4.78 is 0. The van der Waals surface area contributed by atoms with Crippen LogP contribution in [0.2, 0.25) is 0 Å². The summed E-state index contributed by atoms with van der Waals surface area (Å²) in [6.45, 7) is 0.827. The van der Waals surface area contributed by atoms with Crippen molar-refractivity contribution in [3.63, 3.8) is 0 Å². The molecule has 1 rings (SSSR count). The Balaban J connectivity index is 2.29. The van der Waals surface area contributed by atoms with Gasteiger partial charge in [0.25, 0.3) is 0 Å². The second kappa shape index (κ2) is 4.60. The number of nitrogens with zero attached hydrogens (tertiary/aromatic N) is 1. The first kappa shape index (κ1) is 8.85. The topological polar surface area (TPSA) is 38.4 Å². The highest BCUT2D eigenvalue weighted by Gasteiger charge is 2.18. The number of isothiocyanates is 1. The molecule has 11 heavy (non-hydrogen) atoms. The molecule has 3 heteroatoms. The van der Waals surface area contributed by atoms with Crippen LogP contribution in [0.1, 0.15) is 25.7 Å². The molecule has 0 unspecified atom stereocenters. The van der Waals surface area contributed by atoms with Gasteiger partial charge in [-0.05, 0) is 50.4 Å². The Kier molecular flexibility index (Phi) is 3.70. The van der Waals surface area contributed by atoms with Gasteiger partial charge in [0.2, 0.25) is 0 Å². The summed E-state index contributed by atoms with van der Waals surface area (Å²) >= 11 is 4.55. The van der Waals surface area contributed by atoms with E-state index < -0.39 is 0 Å². The van der Waals surface area contributed by atoms with Gasteiger partial charge in [0, 0.05) is 0 Å². The van der Waals surface area contributed by atoms with Crippen LogP contribution in [0.15, 0.2) is 4.99 Å². The third-order valence-electron chi connectivity index (χ3n) is 2.38. The first-order valence-electron chi connectivity index (χ1n) is 4.14. The molecule has 0 bridgehead atoms. The highest BCUT2D eigenvalue weighted by atomic mass is 32.1. The number of thiocarbonyl (C=S) groups is 1. The van der Waals surface area contributed by atoms with Crippen molar-refractivity contribution in [2.45, 2.75) is 31.7 Å². The van der Waals surface area contributed by atoms with Gasteiger partial charge < -0.3 is 5.73 Å². The number of aliphatic imine (C=N–C) groups is 1. The van der Waals surface area contributed by atoms with E-state index in [1.807, 2.05) is 0 Å². The lowest BCUT2D eigenvalue weighted by atomic mass is 9.86. The summed E-state index contributed by atoms with van der Waals surface area (Å²) in [5, 5.41) is 2.45. The van der Waals surface area contributed by atoms with Crippen molar-refractivity contribution in [1.29, 1.82) is 0 Å². The molecule has 0 radical (unpaired) electrons. The zero-order valence-corrected chi connectivity index (χ0v) is 7.44. The molecule has 0 aliphatic heterocycles. The molecule has 0 spiro atoms. The molecule has 0 saturated heterocycles. The molecule has 62 valence electrons. The Bertz CT molecular complexity index is 155. The molecule has 1 saturated carbocycles. The van der Waals surface area contributed by atoms with Gasteiger partial charge in [-0.3, -0.25) is 0 Å². The van der Waals surface area contributed by atoms with Gasteiger partial charge in [-0.1, -0.05) is 0 Å². The van der Waals surface area contributed by atoms with Crippen molar-refractivity contribution in [1.82, 2.24) is 0 Å². The quantitative estimate of drug-likeness (QED) is 0.505. The van der Waals surface area contributed by atoms with Gasteiger partial charge in [-0.2, -0.15) is 0 Å². The molecule has 0 aromatic carbocycles. The van der Waals surface area contributed by atoms with E-state index in [1.165, 1.54) is 12.8 Å². The smallest absolute Gasteiger partial charge is 0.0603 e. The van der Waals surface area contributed by atoms with Crippen LogP contribution in [0.4, 0.5) is 0 Å². The van der Waals surface area contributed by atoms with Crippen LogP contribution < -0.4 is 5.73 Å². The fraction of sp³-hybridized carbons (Fsp3) is 0.875. The van der Waals surface area contributed by atoms with Crippen molar-refractivity contribution in [2.75, 3.05) is 6.54 Å². The molecule has 0 aromatic rings. The molecule has 0 atom stereocenters. The number of hydrogen-bond acceptors (Lipinski definition) is 3. The summed E-state index contributed by atoms with van der Waals surface area (Å²) in [4.78, 5) is 4.08. The van der Waals surface area contributed by atoms with Gasteiger partial charge in [0.15, 0.2) is 0 Å². The fourth-order valence-corrected chi connectivity index (χ4v) is 1.73. The van der Waals surface area contributed by atoms with Crippen molar-refractivity contribution in [2.24, 2.45) is 16.6 Å².